The van der Waals surface area contributed by atoms with Crippen molar-refractivity contribution in [3.05, 3.63) is 65.7 Å². The summed E-state index contributed by atoms with van der Waals surface area (Å²) in [5.74, 6) is 0.771. The third kappa shape index (κ3) is 3.60. The summed E-state index contributed by atoms with van der Waals surface area (Å²) in [5.41, 5.74) is 4.18. The molecule has 0 saturated carbocycles. The largest absolute Gasteiger partial charge is 0.489 e. The fourth-order valence-electron chi connectivity index (χ4n) is 3.34. The molecule has 1 atom stereocenters. The number of hydrogen-bond acceptors (Lipinski definition) is 5. The summed E-state index contributed by atoms with van der Waals surface area (Å²) in [7, 11) is 0. The third-order valence-electron chi connectivity index (χ3n) is 4.71. The number of aliphatic hydroxyl groups excluding tert-OH is 1. The topological polar surface area (TPSA) is 51.2 Å². The van der Waals surface area contributed by atoms with E-state index in [1.807, 2.05) is 66.4 Å². The Hall–Kier alpha value is -2.34. The predicted octanol–water partition coefficient (Wildman–Crippen LogP) is 3.18. The van der Waals surface area contributed by atoms with Gasteiger partial charge in [-0.1, -0.05) is 30.3 Å². The maximum absolute atomic E-state index is 10.5. The van der Waals surface area contributed by atoms with E-state index in [2.05, 4.69) is 0 Å². The van der Waals surface area contributed by atoms with Crippen LogP contribution in [-0.4, -0.2) is 37.4 Å². The van der Waals surface area contributed by atoms with Gasteiger partial charge in [0.2, 0.25) is 0 Å². The molecule has 0 aromatic heterocycles. The molecule has 1 unspecified atom stereocenters. The van der Waals surface area contributed by atoms with Crippen molar-refractivity contribution in [1.82, 2.24) is 0 Å². The van der Waals surface area contributed by atoms with E-state index in [0.29, 0.717) is 26.4 Å². The minimum atomic E-state index is -0.709. The van der Waals surface area contributed by atoms with E-state index in [1.165, 1.54) is 0 Å². The zero-order chi connectivity index (χ0) is 17.9. The van der Waals surface area contributed by atoms with Crippen LogP contribution in [-0.2, 0) is 16.1 Å². The summed E-state index contributed by atoms with van der Waals surface area (Å²) in [6.45, 7) is 4.17. The standard InChI is InChI=1S/C21H23NO4/c1-15-11-20(23)22(13-21-24-9-10-25-21)19-12-17(7-8-18(15)19)26-14-16-5-3-2-4-6-16/h2-8,11-12,20-21,23H,9-10,13-14H2,1H3. The van der Waals surface area contributed by atoms with Gasteiger partial charge in [0.15, 0.2) is 6.29 Å². The first kappa shape index (κ1) is 17.1. The fraction of sp³-hybridized carbons (Fsp3) is 0.333. The molecule has 0 aliphatic carbocycles. The zero-order valence-electron chi connectivity index (χ0n) is 14.8. The number of benzene rings is 2. The number of fused-ring (bicyclic) bond motifs is 1. The van der Waals surface area contributed by atoms with Gasteiger partial charge in [-0.25, -0.2) is 0 Å². The molecule has 26 heavy (non-hydrogen) atoms. The van der Waals surface area contributed by atoms with Crippen LogP contribution in [0.25, 0.3) is 5.57 Å². The molecule has 2 aliphatic rings. The average molecular weight is 353 g/mol. The normalized spacial score (nSPS) is 20.0. The van der Waals surface area contributed by atoms with Gasteiger partial charge in [0, 0.05) is 11.6 Å². The number of rotatable bonds is 5. The Morgan fingerprint density at radius 1 is 1.12 bits per heavy atom. The van der Waals surface area contributed by atoms with Crippen molar-refractivity contribution < 1.29 is 19.3 Å². The Bertz CT molecular complexity index is 784. The van der Waals surface area contributed by atoms with E-state index in [4.69, 9.17) is 14.2 Å². The minimum Gasteiger partial charge on any atom is -0.489 e. The van der Waals surface area contributed by atoms with Crippen LogP contribution in [0.2, 0.25) is 0 Å². The van der Waals surface area contributed by atoms with Crippen molar-refractivity contribution in [2.24, 2.45) is 0 Å². The van der Waals surface area contributed by atoms with Crippen LogP contribution >= 0.6 is 0 Å². The Balaban J connectivity index is 1.56. The van der Waals surface area contributed by atoms with Crippen molar-refractivity contribution >= 4 is 11.3 Å². The molecule has 2 aromatic carbocycles. The predicted molar refractivity (Wildman–Crippen MR) is 99.9 cm³/mol. The summed E-state index contributed by atoms with van der Waals surface area (Å²) in [4.78, 5) is 1.90. The van der Waals surface area contributed by atoms with Crippen molar-refractivity contribution in [3.63, 3.8) is 0 Å². The Morgan fingerprint density at radius 2 is 1.88 bits per heavy atom. The summed E-state index contributed by atoms with van der Waals surface area (Å²) in [6, 6.07) is 16.1. The number of aliphatic hydroxyl groups is 1. The average Bonchev–Trinajstić information content (AvgIpc) is 3.17. The molecule has 1 fully saturated rings. The second-order valence-corrected chi connectivity index (χ2v) is 6.54. The lowest BCUT2D eigenvalue weighted by atomic mass is 9.99. The van der Waals surface area contributed by atoms with E-state index >= 15 is 0 Å². The molecule has 0 amide bonds. The van der Waals surface area contributed by atoms with Crippen molar-refractivity contribution in [2.75, 3.05) is 24.7 Å². The molecule has 2 heterocycles. The van der Waals surface area contributed by atoms with Gasteiger partial charge in [0.05, 0.1) is 25.4 Å². The van der Waals surface area contributed by atoms with Crippen LogP contribution in [0, 0.1) is 0 Å². The van der Waals surface area contributed by atoms with Crippen LogP contribution in [0.1, 0.15) is 18.1 Å². The van der Waals surface area contributed by atoms with Gasteiger partial charge in [-0.3, -0.25) is 0 Å². The minimum absolute atomic E-state index is 0.321. The molecule has 136 valence electrons. The highest BCUT2D eigenvalue weighted by Gasteiger charge is 2.28. The number of anilines is 1. The molecule has 0 spiro atoms. The van der Waals surface area contributed by atoms with E-state index in [9.17, 15) is 5.11 Å². The van der Waals surface area contributed by atoms with Crippen LogP contribution in [0.3, 0.4) is 0 Å². The SMILES string of the molecule is CC1=CC(O)N(CC2OCCO2)c2cc(OCc3ccccc3)ccc21. The van der Waals surface area contributed by atoms with Gasteiger partial charge < -0.3 is 24.2 Å². The van der Waals surface area contributed by atoms with E-state index in [0.717, 1.165) is 28.1 Å². The number of allylic oxidation sites excluding steroid dienone is 1. The van der Waals surface area contributed by atoms with Gasteiger partial charge >= 0.3 is 0 Å². The molecule has 5 heteroatoms. The van der Waals surface area contributed by atoms with Crippen molar-refractivity contribution in [3.8, 4) is 5.75 Å². The molecular weight excluding hydrogens is 330 g/mol. The van der Waals surface area contributed by atoms with E-state index < -0.39 is 6.23 Å². The maximum atomic E-state index is 10.5. The van der Waals surface area contributed by atoms with Gasteiger partial charge in [-0.05, 0) is 36.3 Å². The Labute approximate surface area is 153 Å². The first-order chi connectivity index (χ1) is 12.7. The van der Waals surface area contributed by atoms with Gasteiger partial charge in [-0.2, -0.15) is 0 Å². The highest BCUT2D eigenvalue weighted by Crippen LogP contribution is 2.36. The van der Waals surface area contributed by atoms with Crippen LogP contribution in [0.5, 0.6) is 5.75 Å². The monoisotopic (exact) mass is 353 g/mol. The first-order valence-corrected chi connectivity index (χ1v) is 8.88. The number of nitrogens with zero attached hydrogens (tertiary/aromatic N) is 1. The summed E-state index contributed by atoms with van der Waals surface area (Å²) in [5, 5.41) is 10.5. The first-order valence-electron chi connectivity index (χ1n) is 8.88. The van der Waals surface area contributed by atoms with Crippen LogP contribution < -0.4 is 9.64 Å². The quantitative estimate of drug-likeness (QED) is 0.895. The molecule has 2 aliphatic heterocycles. The molecule has 0 bridgehead atoms. The Morgan fingerprint density at radius 3 is 2.65 bits per heavy atom. The van der Waals surface area contributed by atoms with Gasteiger partial charge in [-0.15, -0.1) is 0 Å². The summed E-state index contributed by atoms with van der Waals surface area (Å²) in [6.07, 6.45) is 0.819. The van der Waals surface area contributed by atoms with Crippen LogP contribution in [0.4, 0.5) is 5.69 Å². The summed E-state index contributed by atoms with van der Waals surface area (Å²) >= 11 is 0. The highest BCUT2D eigenvalue weighted by molar-refractivity contribution is 5.80. The lowest BCUT2D eigenvalue weighted by Crippen LogP contribution is -2.42. The molecule has 0 radical (unpaired) electrons. The highest BCUT2D eigenvalue weighted by atomic mass is 16.7. The molecule has 5 nitrogen and oxygen atoms in total. The number of ether oxygens (including phenoxy) is 3. The second-order valence-electron chi connectivity index (χ2n) is 6.54. The van der Waals surface area contributed by atoms with Crippen molar-refractivity contribution in [1.29, 1.82) is 0 Å². The summed E-state index contributed by atoms with van der Waals surface area (Å²) < 4.78 is 17.1. The van der Waals surface area contributed by atoms with Crippen molar-refractivity contribution in [2.45, 2.75) is 26.0 Å². The number of hydrogen-bond donors (Lipinski definition) is 1. The van der Waals surface area contributed by atoms with E-state index in [1.54, 1.807) is 0 Å². The molecule has 1 saturated heterocycles. The fourth-order valence-corrected chi connectivity index (χ4v) is 3.34. The zero-order valence-corrected chi connectivity index (χ0v) is 14.8. The van der Waals surface area contributed by atoms with Gasteiger partial charge in [0.1, 0.15) is 18.6 Å². The molecule has 4 rings (SSSR count). The lowest BCUT2D eigenvalue weighted by Gasteiger charge is -2.35. The second kappa shape index (κ2) is 7.50. The smallest absolute Gasteiger partial charge is 0.175 e. The van der Waals surface area contributed by atoms with E-state index in [-0.39, 0.29) is 6.29 Å². The van der Waals surface area contributed by atoms with Crippen LogP contribution in [0.15, 0.2) is 54.6 Å². The third-order valence-corrected chi connectivity index (χ3v) is 4.71. The molecule has 1 N–H and O–H groups in total. The lowest BCUT2D eigenvalue weighted by molar-refractivity contribution is -0.0383. The molecular formula is C21H23NO4. The molecule has 2 aromatic rings. The maximum Gasteiger partial charge on any atom is 0.175 e. The van der Waals surface area contributed by atoms with Gasteiger partial charge in [0.25, 0.3) is 0 Å². The Kier molecular flexibility index (Phi) is 4.93.